The summed E-state index contributed by atoms with van der Waals surface area (Å²) >= 11 is 6.92. The molecule has 0 radical (unpaired) electrons. The highest BCUT2D eigenvalue weighted by Gasteiger charge is 2.17. The second kappa shape index (κ2) is 7.59. The van der Waals surface area contributed by atoms with Crippen LogP contribution < -0.4 is 19.5 Å². The summed E-state index contributed by atoms with van der Waals surface area (Å²) in [6.07, 6.45) is 1.68. The molecule has 0 atom stereocenters. The van der Waals surface area contributed by atoms with Crippen LogP contribution in [0, 0.1) is 0 Å². The minimum Gasteiger partial charge on any atom is -0.493 e. The molecular weight excluding hydrogens is 468 g/mol. The molecule has 3 aromatic rings. The zero-order valence-electron chi connectivity index (χ0n) is 14.3. The number of nitrogens with one attached hydrogen (secondary N) is 2. The lowest BCUT2D eigenvalue weighted by Gasteiger charge is -2.14. The summed E-state index contributed by atoms with van der Waals surface area (Å²) in [7, 11) is 4.58. The second-order valence-electron chi connectivity index (χ2n) is 5.38. The van der Waals surface area contributed by atoms with Crippen molar-refractivity contribution in [3.8, 4) is 17.2 Å². The maximum absolute atomic E-state index is 12.8. The Kier molecular flexibility index (Phi) is 5.43. The number of fused-ring (bicyclic) bond motifs is 1. The third-order valence-electron chi connectivity index (χ3n) is 3.89. The van der Waals surface area contributed by atoms with Gasteiger partial charge in [0.05, 0.1) is 26.9 Å². The fraction of sp³-hybridized carbons (Fsp3) is 0.167. The molecule has 1 amide bonds. The first-order valence-corrected chi connectivity index (χ1v) is 9.14. The fourth-order valence-corrected chi connectivity index (χ4v) is 3.34. The highest BCUT2D eigenvalue weighted by molar-refractivity contribution is 9.13. The van der Waals surface area contributed by atoms with Crippen LogP contribution in [0.25, 0.3) is 10.9 Å². The van der Waals surface area contributed by atoms with E-state index in [-0.39, 0.29) is 5.91 Å². The fourth-order valence-electron chi connectivity index (χ4n) is 2.66. The van der Waals surface area contributed by atoms with Crippen molar-refractivity contribution in [2.75, 3.05) is 26.6 Å². The van der Waals surface area contributed by atoms with Crippen molar-refractivity contribution in [2.45, 2.75) is 0 Å². The van der Waals surface area contributed by atoms with Crippen molar-refractivity contribution < 1.29 is 19.0 Å². The number of ether oxygens (including phenoxy) is 3. The van der Waals surface area contributed by atoms with E-state index in [1.54, 1.807) is 18.3 Å². The molecule has 8 heteroatoms. The minimum absolute atomic E-state index is 0.250. The van der Waals surface area contributed by atoms with E-state index < -0.39 is 0 Å². The maximum Gasteiger partial charge on any atom is 0.257 e. The number of benzene rings is 2. The van der Waals surface area contributed by atoms with Gasteiger partial charge in [0.15, 0.2) is 11.5 Å². The van der Waals surface area contributed by atoms with E-state index in [4.69, 9.17) is 14.2 Å². The normalized spacial score (nSPS) is 10.7. The molecule has 2 N–H and O–H groups in total. The molecular formula is C18H16Br2N2O4. The molecule has 0 aliphatic rings. The third-order valence-corrected chi connectivity index (χ3v) is 5.73. The Morgan fingerprint density at radius 2 is 1.58 bits per heavy atom. The number of hydrogen-bond acceptors (Lipinski definition) is 4. The number of H-pyrrole nitrogens is 1. The van der Waals surface area contributed by atoms with Gasteiger partial charge < -0.3 is 24.5 Å². The van der Waals surface area contributed by atoms with Gasteiger partial charge in [-0.2, -0.15) is 0 Å². The zero-order valence-corrected chi connectivity index (χ0v) is 17.4. The molecule has 1 heterocycles. The Labute approximate surface area is 167 Å². The van der Waals surface area contributed by atoms with Crippen LogP contribution in [0.5, 0.6) is 17.2 Å². The summed E-state index contributed by atoms with van der Waals surface area (Å²) in [6.45, 7) is 0. The molecule has 0 bridgehead atoms. The molecule has 0 unspecified atom stereocenters. The number of methoxy groups -OCH3 is 3. The van der Waals surface area contributed by atoms with Gasteiger partial charge in [-0.3, -0.25) is 4.79 Å². The molecule has 0 saturated heterocycles. The number of anilines is 1. The number of amides is 1. The van der Waals surface area contributed by atoms with Gasteiger partial charge in [-0.25, -0.2) is 0 Å². The van der Waals surface area contributed by atoms with Gasteiger partial charge >= 0.3 is 0 Å². The van der Waals surface area contributed by atoms with Gasteiger partial charge in [-0.05, 0) is 44.0 Å². The van der Waals surface area contributed by atoms with Crippen LogP contribution in [-0.2, 0) is 0 Å². The first-order chi connectivity index (χ1) is 12.5. The lowest BCUT2D eigenvalue weighted by molar-refractivity contribution is 0.102. The Balaban J connectivity index is 1.97. The second-order valence-corrected chi connectivity index (χ2v) is 7.09. The number of aromatic amines is 1. The van der Waals surface area contributed by atoms with Crippen molar-refractivity contribution in [1.82, 2.24) is 4.98 Å². The number of aromatic nitrogens is 1. The van der Waals surface area contributed by atoms with Crippen molar-refractivity contribution >= 4 is 54.4 Å². The largest absolute Gasteiger partial charge is 0.493 e. The van der Waals surface area contributed by atoms with Crippen LogP contribution in [0.4, 0.5) is 5.69 Å². The quantitative estimate of drug-likeness (QED) is 0.537. The third kappa shape index (κ3) is 3.39. The van der Waals surface area contributed by atoms with Crippen LogP contribution in [-0.4, -0.2) is 32.2 Å². The molecule has 3 rings (SSSR count). The summed E-state index contributed by atoms with van der Waals surface area (Å²) in [5, 5.41) is 3.68. The van der Waals surface area contributed by atoms with Gasteiger partial charge in [-0.1, -0.05) is 0 Å². The molecule has 2 aromatic carbocycles. The summed E-state index contributed by atoms with van der Waals surface area (Å²) in [4.78, 5) is 15.9. The molecule has 1 aromatic heterocycles. The van der Waals surface area contributed by atoms with Gasteiger partial charge in [0, 0.05) is 43.9 Å². The summed E-state index contributed by atoms with van der Waals surface area (Å²) < 4.78 is 17.7. The van der Waals surface area contributed by atoms with E-state index in [9.17, 15) is 4.79 Å². The lowest BCUT2D eigenvalue weighted by Crippen LogP contribution is -2.11. The molecule has 0 aliphatic heterocycles. The van der Waals surface area contributed by atoms with E-state index in [0.717, 1.165) is 19.8 Å². The standard InChI is InChI=1S/C18H16Br2N2O4/c1-24-15-4-9(5-16(25-2)17(15)26-3)22-18(23)11-8-21-14-7-13(20)12(19)6-10(11)14/h4-8,21H,1-3H3,(H,22,23). The van der Waals surface area contributed by atoms with Gasteiger partial charge in [0.25, 0.3) is 5.91 Å². The molecule has 0 aliphatic carbocycles. The van der Waals surface area contributed by atoms with Crippen LogP contribution in [0.3, 0.4) is 0 Å². The molecule has 0 fully saturated rings. The Bertz CT molecular complexity index is 960. The number of rotatable bonds is 5. The van der Waals surface area contributed by atoms with Crippen LogP contribution >= 0.6 is 31.9 Å². The number of carbonyl (C=O) groups excluding carboxylic acids is 1. The summed E-state index contributed by atoms with van der Waals surface area (Å²) in [5.74, 6) is 1.15. The van der Waals surface area contributed by atoms with E-state index in [0.29, 0.717) is 28.5 Å². The number of halogens is 2. The van der Waals surface area contributed by atoms with Gasteiger partial charge in [0.1, 0.15) is 0 Å². The smallest absolute Gasteiger partial charge is 0.257 e. The van der Waals surface area contributed by atoms with E-state index in [1.165, 1.54) is 21.3 Å². The first-order valence-electron chi connectivity index (χ1n) is 7.56. The number of hydrogen-bond donors (Lipinski definition) is 2. The lowest BCUT2D eigenvalue weighted by atomic mass is 10.1. The van der Waals surface area contributed by atoms with Crippen molar-refractivity contribution in [3.63, 3.8) is 0 Å². The van der Waals surface area contributed by atoms with Crippen molar-refractivity contribution in [1.29, 1.82) is 0 Å². The van der Waals surface area contributed by atoms with Crippen LogP contribution in [0.15, 0.2) is 39.4 Å². The summed E-state index contributed by atoms with van der Waals surface area (Å²) in [6, 6.07) is 7.16. The SMILES string of the molecule is COc1cc(NC(=O)c2c[nH]c3cc(Br)c(Br)cc23)cc(OC)c1OC. The molecule has 6 nitrogen and oxygen atoms in total. The first kappa shape index (κ1) is 18.6. The van der Waals surface area contributed by atoms with Crippen LogP contribution in [0.2, 0.25) is 0 Å². The Morgan fingerprint density at radius 3 is 2.15 bits per heavy atom. The highest BCUT2D eigenvalue weighted by atomic mass is 79.9. The Hall–Kier alpha value is -2.19. The predicted octanol–water partition coefficient (Wildman–Crippen LogP) is 4.97. The minimum atomic E-state index is -0.250. The van der Waals surface area contributed by atoms with E-state index >= 15 is 0 Å². The molecule has 26 heavy (non-hydrogen) atoms. The predicted molar refractivity (Wildman–Crippen MR) is 108 cm³/mol. The molecule has 0 saturated carbocycles. The highest BCUT2D eigenvalue weighted by Crippen LogP contribution is 2.40. The van der Waals surface area contributed by atoms with Gasteiger partial charge in [0.2, 0.25) is 5.75 Å². The zero-order chi connectivity index (χ0) is 18.8. The summed E-state index contributed by atoms with van der Waals surface area (Å²) in [5.41, 5.74) is 1.92. The molecule has 136 valence electrons. The topological polar surface area (TPSA) is 72.6 Å². The van der Waals surface area contributed by atoms with Crippen molar-refractivity contribution in [3.05, 3.63) is 45.0 Å². The monoisotopic (exact) mass is 482 g/mol. The van der Waals surface area contributed by atoms with Crippen LogP contribution in [0.1, 0.15) is 10.4 Å². The maximum atomic E-state index is 12.8. The van der Waals surface area contributed by atoms with Gasteiger partial charge in [-0.15, -0.1) is 0 Å². The average Bonchev–Trinajstić information content (AvgIpc) is 3.03. The van der Waals surface area contributed by atoms with Crippen molar-refractivity contribution in [2.24, 2.45) is 0 Å². The molecule has 0 spiro atoms. The Morgan fingerprint density at radius 1 is 0.962 bits per heavy atom. The number of carbonyl (C=O) groups is 1. The van der Waals surface area contributed by atoms with E-state index in [2.05, 4.69) is 42.2 Å². The average molecular weight is 484 g/mol. The van der Waals surface area contributed by atoms with E-state index in [1.807, 2.05) is 12.1 Å².